The number of hydrogen-bond acceptors (Lipinski definition) is 2. The molecule has 3 nitrogen and oxygen atoms in total. The highest BCUT2D eigenvalue weighted by atomic mass is 19.4. The lowest BCUT2D eigenvalue weighted by atomic mass is 9.82. The van der Waals surface area contributed by atoms with Crippen molar-refractivity contribution >= 4 is 93.4 Å². The molecule has 1 unspecified atom stereocenters. The van der Waals surface area contributed by atoms with Crippen LogP contribution in [0.25, 0.3) is 76.4 Å². The highest BCUT2D eigenvalue weighted by molar-refractivity contribution is 6.27. The van der Waals surface area contributed by atoms with E-state index >= 15 is 0 Å². The van der Waals surface area contributed by atoms with Crippen molar-refractivity contribution < 1.29 is 43.9 Å². The summed E-state index contributed by atoms with van der Waals surface area (Å²) < 4.78 is 135. The second-order valence-corrected chi connectivity index (χ2v) is 18.4. The van der Waals surface area contributed by atoms with Gasteiger partial charge in [-0.15, -0.1) is 0 Å². The number of halogens is 9. The van der Waals surface area contributed by atoms with E-state index in [4.69, 9.17) is 4.42 Å². The van der Waals surface area contributed by atoms with E-state index in [1.807, 2.05) is 30.3 Å². The molecule has 0 aliphatic carbocycles. The van der Waals surface area contributed by atoms with E-state index in [0.717, 1.165) is 113 Å². The van der Waals surface area contributed by atoms with Gasteiger partial charge in [-0.1, -0.05) is 66.7 Å². The zero-order valence-electron chi connectivity index (χ0n) is 38.0. The first-order chi connectivity index (χ1) is 34.5. The van der Waals surface area contributed by atoms with Crippen molar-refractivity contribution in [2.45, 2.75) is 38.0 Å². The lowest BCUT2D eigenvalue weighted by molar-refractivity contribution is -0.138. The summed E-state index contributed by atoms with van der Waals surface area (Å²) in [5.74, 6) is -2.55. The Hall–Kier alpha value is -8.25. The Bertz CT molecular complexity index is 4130. The molecule has 0 bridgehead atoms. The van der Waals surface area contributed by atoms with Crippen LogP contribution in [0.3, 0.4) is 0 Å². The summed E-state index contributed by atoms with van der Waals surface area (Å²) in [6, 6.07) is 42.8. The Morgan fingerprint density at radius 3 is 1.94 bits per heavy atom. The molecule has 0 saturated heterocycles. The van der Waals surface area contributed by atoms with Crippen molar-refractivity contribution in [3.05, 3.63) is 221 Å². The summed E-state index contributed by atoms with van der Waals surface area (Å²) in [4.78, 5) is 1.47. The minimum absolute atomic E-state index is 0.0567. The Morgan fingerprint density at radius 2 is 1.24 bits per heavy atom. The van der Waals surface area contributed by atoms with Crippen molar-refractivity contribution in [2.24, 2.45) is 0 Å². The van der Waals surface area contributed by atoms with Gasteiger partial charge < -0.3 is 13.7 Å². The molecule has 12 heteroatoms. The number of para-hydroxylation sites is 1. The summed E-state index contributed by atoms with van der Waals surface area (Å²) >= 11 is 0. The maximum absolute atomic E-state index is 14.7. The number of hydrogen-bond donors (Lipinski definition) is 0. The van der Waals surface area contributed by atoms with Gasteiger partial charge in [0.1, 0.15) is 28.6 Å². The number of alkyl halides is 6. The van der Waals surface area contributed by atoms with Gasteiger partial charge in [-0.3, -0.25) is 0 Å². The second kappa shape index (κ2) is 16.4. The Labute approximate surface area is 404 Å². The predicted octanol–water partition coefficient (Wildman–Crippen LogP) is 18.6. The monoisotopic (exact) mass is 972 g/mol. The fraction of sp³-hybridized carbons (Fsp3) is 0.100. The number of nitrogens with zero attached hydrogens (tertiary/aromatic N) is 2. The number of furan rings is 1. The molecule has 12 aromatic rings. The zero-order chi connectivity index (χ0) is 50.0. The van der Waals surface area contributed by atoms with Crippen LogP contribution in [0.2, 0.25) is 0 Å². The van der Waals surface area contributed by atoms with E-state index in [1.54, 1.807) is 25.1 Å². The Balaban J connectivity index is 0.984. The zero-order valence-corrected chi connectivity index (χ0v) is 38.0. The SMILES string of the molecule is C=C(C)c1cc(F)ccc1C(CCc1ccc2c3cc4c(ccc5c6ccc(N(c7ccc(C(F)(F)F)cc7)c7cc(F)cc(F)c7)cc6oc45)cc3n3c4ccccc4c1c23)c1ccc(C(F)(F)F)cc1. The average molecular weight is 973 g/mol. The molecule has 72 heavy (non-hydrogen) atoms. The van der Waals surface area contributed by atoms with Crippen LogP contribution in [-0.2, 0) is 18.8 Å². The van der Waals surface area contributed by atoms with Gasteiger partial charge in [0.2, 0.25) is 0 Å². The van der Waals surface area contributed by atoms with Crippen molar-refractivity contribution in [2.75, 3.05) is 4.90 Å². The molecule has 0 amide bonds. The first-order valence-electron chi connectivity index (χ1n) is 23.0. The third kappa shape index (κ3) is 7.38. The molecular weight excluding hydrogens is 936 g/mol. The highest BCUT2D eigenvalue weighted by Gasteiger charge is 2.32. The molecule has 0 aliphatic rings. The van der Waals surface area contributed by atoms with E-state index in [2.05, 4.69) is 47.4 Å². The molecule has 0 N–H and O–H groups in total. The number of rotatable bonds is 9. The first-order valence-corrected chi connectivity index (χ1v) is 23.0. The first kappa shape index (κ1) is 44.9. The van der Waals surface area contributed by atoms with Crippen LogP contribution in [0.15, 0.2) is 175 Å². The summed E-state index contributed by atoms with van der Waals surface area (Å²) in [7, 11) is 0. The van der Waals surface area contributed by atoms with Crippen molar-refractivity contribution in [1.82, 2.24) is 4.40 Å². The molecule has 0 saturated carbocycles. The molecule has 0 radical (unpaired) electrons. The summed E-state index contributed by atoms with van der Waals surface area (Å²) in [6.45, 7) is 5.89. The number of fused-ring (bicyclic) bond motifs is 11. The van der Waals surface area contributed by atoms with E-state index in [9.17, 15) is 39.5 Å². The molecule has 12 rings (SSSR count). The summed E-state index contributed by atoms with van der Waals surface area (Å²) in [6.07, 6.45) is -8.06. The Kier molecular flexibility index (Phi) is 10.2. The van der Waals surface area contributed by atoms with Gasteiger partial charge >= 0.3 is 12.4 Å². The van der Waals surface area contributed by atoms with Gasteiger partial charge in [-0.2, -0.15) is 26.3 Å². The molecule has 3 heterocycles. The molecule has 3 aromatic heterocycles. The fourth-order valence-electron chi connectivity index (χ4n) is 10.8. The number of benzene rings is 9. The van der Waals surface area contributed by atoms with Gasteiger partial charge in [0.15, 0.2) is 0 Å². The molecular formula is C60H37F9N2O. The normalized spacial score (nSPS) is 13.0. The predicted molar refractivity (Wildman–Crippen MR) is 268 cm³/mol. The number of aromatic nitrogens is 1. The molecule has 356 valence electrons. The minimum atomic E-state index is -4.59. The minimum Gasteiger partial charge on any atom is -0.455 e. The fourth-order valence-corrected chi connectivity index (χ4v) is 10.8. The van der Waals surface area contributed by atoms with Crippen LogP contribution in [0.5, 0.6) is 0 Å². The highest BCUT2D eigenvalue weighted by Crippen LogP contribution is 2.46. The third-order valence-corrected chi connectivity index (χ3v) is 14.0. The topological polar surface area (TPSA) is 20.8 Å². The third-order valence-electron chi connectivity index (χ3n) is 14.0. The van der Waals surface area contributed by atoms with Crippen molar-refractivity contribution in [3.8, 4) is 0 Å². The number of anilines is 3. The lowest BCUT2D eigenvalue weighted by Crippen LogP contribution is -2.11. The van der Waals surface area contributed by atoms with Gasteiger partial charge in [-0.05, 0) is 144 Å². The molecule has 0 spiro atoms. The van der Waals surface area contributed by atoms with Crippen LogP contribution in [0, 0.1) is 17.5 Å². The Morgan fingerprint density at radius 1 is 0.569 bits per heavy atom. The largest absolute Gasteiger partial charge is 0.455 e. The molecule has 9 aromatic carbocycles. The quantitative estimate of drug-likeness (QED) is 0.134. The average Bonchev–Trinajstić information content (AvgIpc) is 4.00. The van der Waals surface area contributed by atoms with E-state index in [-0.39, 0.29) is 11.4 Å². The summed E-state index contributed by atoms with van der Waals surface area (Å²) in [5.41, 5.74) is 6.80. The van der Waals surface area contributed by atoms with E-state index in [1.165, 1.54) is 41.3 Å². The van der Waals surface area contributed by atoms with E-state index in [0.29, 0.717) is 46.4 Å². The van der Waals surface area contributed by atoms with Crippen LogP contribution in [-0.4, -0.2) is 4.40 Å². The maximum Gasteiger partial charge on any atom is 0.416 e. The van der Waals surface area contributed by atoms with Crippen LogP contribution in [0.4, 0.5) is 56.6 Å². The number of allylic oxidation sites excluding steroid dienone is 1. The van der Waals surface area contributed by atoms with Gasteiger partial charge in [-0.25, -0.2) is 13.2 Å². The smallest absolute Gasteiger partial charge is 0.416 e. The number of aryl methyl sites for hydroxylation is 1. The lowest BCUT2D eigenvalue weighted by Gasteiger charge is -2.26. The summed E-state index contributed by atoms with van der Waals surface area (Å²) in [5, 5.41) is 7.34. The second-order valence-electron chi connectivity index (χ2n) is 18.4. The standard InChI is InChI=1S/C60H37F9N2O/c1-32(2)50-29-38(61)16-23-45(50)44(33-7-12-36(13-8-33)59(64,65)66)20-9-34-10-21-47-52-31-51-35(25-54(52)71-53-6-4-3-5-49(53)56(34)57(47)71)11-22-48-46-24-19-42(30-55(46)72-58(48)51)70(43-27-39(62)26-40(63)28-43)41-17-14-37(15-18-41)60(67,68)69/h3-8,10-19,21-31,44H,1,9,20H2,2H3. The van der Waals surface area contributed by atoms with Crippen LogP contribution >= 0.6 is 0 Å². The van der Waals surface area contributed by atoms with Crippen molar-refractivity contribution in [3.63, 3.8) is 0 Å². The van der Waals surface area contributed by atoms with E-state index < -0.39 is 46.8 Å². The van der Waals surface area contributed by atoms with Crippen LogP contribution in [0.1, 0.15) is 52.6 Å². The van der Waals surface area contributed by atoms with Gasteiger partial charge in [0.05, 0.1) is 33.4 Å². The maximum atomic E-state index is 14.7. The van der Waals surface area contributed by atoms with Gasteiger partial charge in [0.25, 0.3) is 0 Å². The molecule has 0 aliphatic heterocycles. The molecule has 0 fully saturated rings. The molecule has 1 atom stereocenters. The van der Waals surface area contributed by atoms with Crippen molar-refractivity contribution in [1.29, 1.82) is 0 Å². The van der Waals surface area contributed by atoms with Crippen LogP contribution < -0.4 is 4.90 Å². The van der Waals surface area contributed by atoms with Gasteiger partial charge in [0, 0.05) is 67.1 Å².